The minimum Gasteiger partial charge on any atom is -0.406 e. The van der Waals surface area contributed by atoms with Crippen LogP contribution in [0.2, 0.25) is 5.02 Å². The van der Waals surface area contributed by atoms with Crippen LogP contribution in [0.5, 0.6) is 5.75 Å². The Hall–Kier alpha value is -1.75. The van der Waals surface area contributed by atoms with Crippen LogP contribution in [0.1, 0.15) is 19.4 Å². The summed E-state index contributed by atoms with van der Waals surface area (Å²) in [5.74, 6) is -0.850. The molecule has 0 spiro atoms. The monoisotopic (exact) mass is 334 g/mol. The maximum Gasteiger partial charge on any atom is 0.573 e. The Balaban J connectivity index is 0.00000116. The number of hydrogen-bond donors (Lipinski definition) is 0. The average Bonchev–Trinajstić information content (AvgIpc) is 2.42. The zero-order valence-electron chi connectivity index (χ0n) is 12.3. The lowest BCUT2D eigenvalue weighted by atomic mass is 10.0. The van der Waals surface area contributed by atoms with Crippen molar-refractivity contribution in [2.75, 3.05) is 0 Å². The molecule has 0 fully saturated rings. The highest BCUT2D eigenvalue weighted by molar-refractivity contribution is 6.30. The van der Waals surface area contributed by atoms with Crippen molar-refractivity contribution in [3.05, 3.63) is 52.8 Å². The van der Waals surface area contributed by atoms with E-state index in [9.17, 15) is 17.6 Å². The molecule has 2 aromatic carbocycles. The van der Waals surface area contributed by atoms with Crippen LogP contribution in [-0.2, 0) is 0 Å². The fraction of sp³-hybridized carbons (Fsp3) is 0.250. The molecule has 0 aliphatic rings. The topological polar surface area (TPSA) is 9.23 Å². The van der Waals surface area contributed by atoms with Gasteiger partial charge >= 0.3 is 6.36 Å². The van der Waals surface area contributed by atoms with E-state index < -0.39 is 12.2 Å². The van der Waals surface area contributed by atoms with Crippen LogP contribution in [0, 0.1) is 12.7 Å². The van der Waals surface area contributed by atoms with Gasteiger partial charge < -0.3 is 4.74 Å². The van der Waals surface area contributed by atoms with Gasteiger partial charge in [-0.2, -0.15) is 0 Å². The third kappa shape index (κ3) is 4.91. The van der Waals surface area contributed by atoms with Crippen molar-refractivity contribution in [2.45, 2.75) is 27.1 Å². The van der Waals surface area contributed by atoms with E-state index >= 15 is 0 Å². The smallest absolute Gasteiger partial charge is 0.406 e. The number of alkyl halides is 3. The van der Waals surface area contributed by atoms with Crippen molar-refractivity contribution < 1.29 is 22.3 Å². The molecular weight excluding hydrogens is 320 g/mol. The number of benzene rings is 2. The summed E-state index contributed by atoms with van der Waals surface area (Å²) in [7, 11) is 0. The second-order valence-electron chi connectivity index (χ2n) is 4.15. The molecule has 0 saturated heterocycles. The molecule has 2 rings (SSSR count). The minimum atomic E-state index is -4.75. The molecule has 0 bridgehead atoms. The van der Waals surface area contributed by atoms with E-state index in [0.29, 0.717) is 5.56 Å². The lowest BCUT2D eigenvalue weighted by Gasteiger charge is -2.12. The molecule has 6 heteroatoms. The molecule has 0 radical (unpaired) electrons. The van der Waals surface area contributed by atoms with E-state index in [1.807, 2.05) is 13.8 Å². The van der Waals surface area contributed by atoms with Crippen molar-refractivity contribution in [1.82, 2.24) is 0 Å². The molecule has 0 unspecified atom stereocenters. The molecule has 120 valence electrons. The molecular formula is C16H15ClF4O. The Kier molecular flexibility index (Phi) is 6.23. The van der Waals surface area contributed by atoms with Crippen LogP contribution in [0.25, 0.3) is 11.1 Å². The van der Waals surface area contributed by atoms with Gasteiger partial charge in [0.1, 0.15) is 11.6 Å². The summed E-state index contributed by atoms with van der Waals surface area (Å²) in [5, 5.41) is 0.250. The first-order chi connectivity index (χ1) is 10.3. The number of aryl methyl sites for hydroxylation is 1. The molecule has 0 aliphatic carbocycles. The summed E-state index contributed by atoms with van der Waals surface area (Å²) in [6.07, 6.45) is -4.75. The quantitative estimate of drug-likeness (QED) is 0.579. The molecule has 2 aromatic rings. The largest absolute Gasteiger partial charge is 0.573 e. The zero-order valence-corrected chi connectivity index (χ0v) is 13.0. The van der Waals surface area contributed by atoms with Gasteiger partial charge in [-0.1, -0.05) is 31.5 Å². The Labute approximate surface area is 131 Å². The van der Waals surface area contributed by atoms with E-state index in [1.165, 1.54) is 31.2 Å². The molecule has 1 nitrogen and oxygen atoms in total. The summed E-state index contributed by atoms with van der Waals surface area (Å²) < 4.78 is 54.1. The van der Waals surface area contributed by atoms with E-state index in [1.54, 1.807) is 0 Å². The fourth-order valence-corrected chi connectivity index (χ4v) is 1.94. The first-order valence-corrected chi connectivity index (χ1v) is 6.96. The number of halogens is 5. The van der Waals surface area contributed by atoms with Crippen LogP contribution in [0.4, 0.5) is 17.6 Å². The van der Waals surface area contributed by atoms with Crippen molar-refractivity contribution in [1.29, 1.82) is 0 Å². The molecule has 0 saturated carbocycles. The number of ether oxygens (including phenoxy) is 1. The van der Waals surface area contributed by atoms with E-state index in [2.05, 4.69) is 4.74 Å². The van der Waals surface area contributed by atoms with Gasteiger partial charge in [0.2, 0.25) is 0 Å². The van der Waals surface area contributed by atoms with Crippen molar-refractivity contribution in [3.8, 4) is 16.9 Å². The standard InChI is InChI=1S/C14H9ClF4O.C2H6/c1-8-6-9(2-5-13(8)20-14(17,18)19)11-4-3-10(15)7-12(11)16;1-2/h2-7H,1H3;1-2H3. The highest BCUT2D eigenvalue weighted by Gasteiger charge is 2.31. The van der Waals surface area contributed by atoms with Gasteiger partial charge in [-0.3, -0.25) is 0 Å². The highest BCUT2D eigenvalue weighted by Crippen LogP contribution is 2.31. The molecule has 0 N–H and O–H groups in total. The number of hydrogen-bond acceptors (Lipinski definition) is 1. The second kappa shape index (κ2) is 7.49. The van der Waals surface area contributed by atoms with Crippen LogP contribution in [0.3, 0.4) is 0 Å². The van der Waals surface area contributed by atoms with Crippen molar-refractivity contribution in [3.63, 3.8) is 0 Å². The minimum absolute atomic E-state index is 0.250. The Morgan fingerprint density at radius 3 is 2.14 bits per heavy atom. The van der Waals surface area contributed by atoms with Gasteiger partial charge in [0.15, 0.2) is 0 Å². The third-order valence-corrected chi connectivity index (χ3v) is 2.88. The predicted molar refractivity (Wildman–Crippen MR) is 79.6 cm³/mol. The molecule has 0 atom stereocenters. The van der Waals surface area contributed by atoms with Crippen LogP contribution in [0.15, 0.2) is 36.4 Å². The van der Waals surface area contributed by atoms with Gasteiger partial charge in [-0.15, -0.1) is 13.2 Å². The first-order valence-electron chi connectivity index (χ1n) is 6.58. The summed E-state index contributed by atoms with van der Waals surface area (Å²) >= 11 is 5.65. The lowest BCUT2D eigenvalue weighted by molar-refractivity contribution is -0.274. The van der Waals surface area contributed by atoms with E-state index in [-0.39, 0.29) is 21.9 Å². The summed E-state index contributed by atoms with van der Waals surface area (Å²) in [5.41, 5.74) is 0.969. The summed E-state index contributed by atoms with van der Waals surface area (Å²) in [4.78, 5) is 0. The van der Waals surface area contributed by atoms with Crippen LogP contribution >= 0.6 is 11.6 Å². The molecule has 0 aromatic heterocycles. The molecule has 22 heavy (non-hydrogen) atoms. The zero-order chi connectivity index (χ0) is 16.9. The number of rotatable bonds is 2. The second-order valence-corrected chi connectivity index (χ2v) is 4.59. The third-order valence-electron chi connectivity index (χ3n) is 2.64. The maximum atomic E-state index is 13.7. The van der Waals surface area contributed by atoms with E-state index in [4.69, 9.17) is 11.6 Å². The molecule has 0 aliphatic heterocycles. The molecule has 0 heterocycles. The van der Waals surface area contributed by atoms with Crippen molar-refractivity contribution >= 4 is 11.6 Å². The van der Waals surface area contributed by atoms with Gasteiger partial charge in [0, 0.05) is 10.6 Å². The normalized spacial score (nSPS) is 10.7. The Bertz CT molecular complexity index is 639. The van der Waals surface area contributed by atoms with Gasteiger partial charge in [0.05, 0.1) is 0 Å². The highest BCUT2D eigenvalue weighted by atomic mass is 35.5. The maximum absolute atomic E-state index is 13.7. The predicted octanol–water partition coefficient (Wildman–Crippen LogP) is 6.38. The lowest BCUT2D eigenvalue weighted by Crippen LogP contribution is -2.17. The summed E-state index contributed by atoms with van der Waals surface area (Å²) in [6, 6.07) is 8.07. The average molecular weight is 335 g/mol. The SMILES string of the molecule is CC.Cc1cc(-c2ccc(Cl)cc2F)ccc1OC(F)(F)F. The van der Waals surface area contributed by atoms with Crippen molar-refractivity contribution in [2.24, 2.45) is 0 Å². The fourth-order valence-electron chi connectivity index (χ4n) is 1.78. The first kappa shape index (κ1) is 18.3. The van der Waals surface area contributed by atoms with Crippen LogP contribution < -0.4 is 4.74 Å². The Morgan fingerprint density at radius 2 is 1.64 bits per heavy atom. The van der Waals surface area contributed by atoms with Gasteiger partial charge in [-0.25, -0.2) is 4.39 Å². The molecule has 0 amide bonds. The van der Waals surface area contributed by atoms with Crippen LogP contribution in [-0.4, -0.2) is 6.36 Å². The summed E-state index contributed by atoms with van der Waals surface area (Å²) in [6.45, 7) is 5.46. The van der Waals surface area contributed by atoms with Gasteiger partial charge in [-0.05, 0) is 48.4 Å². The van der Waals surface area contributed by atoms with Gasteiger partial charge in [0.25, 0.3) is 0 Å². The Morgan fingerprint density at radius 1 is 1.00 bits per heavy atom. The van der Waals surface area contributed by atoms with E-state index in [0.717, 1.165) is 12.1 Å².